The number of guanidine groups is 1. The zero-order valence-electron chi connectivity index (χ0n) is 17.8. The van der Waals surface area contributed by atoms with Crippen molar-refractivity contribution in [2.24, 2.45) is 4.99 Å². The molecule has 1 unspecified atom stereocenters. The molecule has 29 heavy (non-hydrogen) atoms. The van der Waals surface area contributed by atoms with Gasteiger partial charge >= 0.3 is 0 Å². The van der Waals surface area contributed by atoms with Gasteiger partial charge in [0.15, 0.2) is 5.96 Å². The quantitative estimate of drug-likeness (QED) is 0.392. The number of aryl methyl sites for hydroxylation is 3. The number of hydrogen-bond acceptors (Lipinski definition) is 3. The summed E-state index contributed by atoms with van der Waals surface area (Å²) in [6.45, 7) is 8.96. The molecule has 158 valence electrons. The van der Waals surface area contributed by atoms with Crippen molar-refractivity contribution in [1.29, 1.82) is 0 Å². The highest BCUT2D eigenvalue weighted by molar-refractivity contribution is 6.30. The number of rotatable bonds is 8. The fourth-order valence-corrected chi connectivity index (χ4v) is 4.17. The Morgan fingerprint density at radius 1 is 1.21 bits per heavy atom. The molecule has 1 atom stereocenters. The van der Waals surface area contributed by atoms with Gasteiger partial charge in [-0.1, -0.05) is 23.7 Å². The van der Waals surface area contributed by atoms with Gasteiger partial charge in [-0.25, -0.2) is 0 Å². The van der Waals surface area contributed by atoms with Crippen molar-refractivity contribution in [3.05, 3.63) is 52.3 Å². The monoisotopic (exact) mass is 416 g/mol. The number of hydrogen-bond donors (Lipinski definition) is 2. The van der Waals surface area contributed by atoms with E-state index in [1.807, 2.05) is 26.1 Å². The molecule has 7 heteroatoms. The summed E-state index contributed by atoms with van der Waals surface area (Å²) in [5, 5.41) is 12.2. The lowest BCUT2D eigenvalue weighted by Crippen LogP contribution is -2.43. The van der Waals surface area contributed by atoms with Gasteiger partial charge in [-0.05, 0) is 70.0 Å². The van der Waals surface area contributed by atoms with Crippen LogP contribution in [0.15, 0.2) is 35.3 Å². The van der Waals surface area contributed by atoms with Crippen LogP contribution < -0.4 is 10.6 Å². The first-order valence-corrected chi connectivity index (χ1v) is 10.9. The Hall–Kier alpha value is -2.05. The predicted molar refractivity (Wildman–Crippen MR) is 121 cm³/mol. The molecule has 1 fully saturated rings. The van der Waals surface area contributed by atoms with Crippen LogP contribution in [0.1, 0.15) is 42.3 Å². The largest absolute Gasteiger partial charge is 0.356 e. The van der Waals surface area contributed by atoms with Crippen LogP contribution in [0.4, 0.5) is 0 Å². The second-order valence-corrected chi connectivity index (χ2v) is 8.13. The molecule has 2 aromatic rings. The Balaban J connectivity index is 1.51. The number of nitrogens with one attached hydrogen (secondary N) is 2. The lowest BCUT2D eigenvalue weighted by atomic mass is 10.1. The molecular weight excluding hydrogens is 384 g/mol. The highest BCUT2D eigenvalue weighted by Gasteiger charge is 2.23. The first-order chi connectivity index (χ1) is 14.1. The molecule has 1 aromatic heterocycles. The minimum atomic E-state index is 0.296. The molecule has 0 saturated carbocycles. The lowest BCUT2D eigenvalue weighted by Gasteiger charge is -2.29. The molecule has 1 aliphatic heterocycles. The normalized spacial score (nSPS) is 16.2. The summed E-state index contributed by atoms with van der Waals surface area (Å²) in [7, 11) is 1.82. The first-order valence-electron chi connectivity index (χ1n) is 10.5. The SMILES string of the molecule is CN=C(NCCCn1nc(C)cc1C)NCC(c1cccc(Cl)c1)N1CCCC1. The lowest BCUT2D eigenvalue weighted by molar-refractivity contribution is 0.245. The van der Waals surface area contributed by atoms with Gasteiger partial charge in [-0.3, -0.25) is 14.6 Å². The molecule has 1 aromatic carbocycles. The van der Waals surface area contributed by atoms with Crippen LogP contribution >= 0.6 is 11.6 Å². The molecule has 0 radical (unpaired) electrons. The van der Waals surface area contributed by atoms with E-state index in [-0.39, 0.29) is 0 Å². The molecule has 0 spiro atoms. The summed E-state index contributed by atoms with van der Waals surface area (Å²) >= 11 is 6.25. The average molecular weight is 417 g/mol. The van der Waals surface area contributed by atoms with Gasteiger partial charge in [0, 0.05) is 37.4 Å². The van der Waals surface area contributed by atoms with E-state index >= 15 is 0 Å². The summed E-state index contributed by atoms with van der Waals surface area (Å²) in [6, 6.07) is 10.6. The minimum Gasteiger partial charge on any atom is -0.356 e. The van der Waals surface area contributed by atoms with Gasteiger partial charge in [0.2, 0.25) is 0 Å². The third-order valence-corrected chi connectivity index (χ3v) is 5.68. The Labute approximate surface area is 179 Å². The average Bonchev–Trinajstić information content (AvgIpc) is 3.33. The number of likely N-dealkylation sites (tertiary alicyclic amines) is 1. The molecule has 0 aliphatic carbocycles. The molecule has 2 N–H and O–H groups in total. The second kappa shape index (κ2) is 10.6. The third kappa shape index (κ3) is 6.21. The van der Waals surface area contributed by atoms with E-state index in [4.69, 9.17) is 11.6 Å². The Bertz CT molecular complexity index is 809. The van der Waals surface area contributed by atoms with Crippen molar-refractivity contribution in [2.45, 2.75) is 45.7 Å². The highest BCUT2D eigenvalue weighted by Crippen LogP contribution is 2.26. The van der Waals surface area contributed by atoms with Gasteiger partial charge < -0.3 is 10.6 Å². The first kappa shape index (κ1) is 21.7. The topological polar surface area (TPSA) is 57.5 Å². The zero-order valence-corrected chi connectivity index (χ0v) is 18.5. The number of benzene rings is 1. The fraction of sp³-hybridized carbons (Fsp3) is 0.545. The predicted octanol–water partition coefficient (Wildman–Crippen LogP) is 3.55. The summed E-state index contributed by atoms with van der Waals surface area (Å²) in [5.74, 6) is 0.838. The Kier molecular flexibility index (Phi) is 7.95. The second-order valence-electron chi connectivity index (χ2n) is 7.70. The maximum atomic E-state index is 6.25. The standard InChI is InChI=1S/C22H33ClN6/c1-17-14-18(2)29(27-17)13-7-10-25-22(24-3)26-16-21(28-11-4-5-12-28)19-8-6-9-20(23)15-19/h6,8-9,14-15,21H,4-5,7,10-13,16H2,1-3H3,(H2,24,25,26). The summed E-state index contributed by atoms with van der Waals surface area (Å²) in [5.41, 5.74) is 3.54. The summed E-state index contributed by atoms with van der Waals surface area (Å²) in [4.78, 5) is 6.93. The minimum absolute atomic E-state index is 0.296. The van der Waals surface area contributed by atoms with Crippen molar-refractivity contribution < 1.29 is 0 Å². The van der Waals surface area contributed by atoms with Crippen molar-refractivity contribution in [3.63, 3.8) is 0 Å². The Morgan fingerprint density at radius 2 is 2.00 bits per heavy atom. The maximum absolute atomic E-state index is 6.25. The molecule has 1 aliphatic rings. The molecule has 2 heterocycles. The molecule has 1 saturated heterocycles. The third-order valence-electron chi connectivity index (χ3n) is 5.44. The van der Waals surface area contributed by atoms with Crippen LogP contribution in [0, 0.1) is 13.8 Å². The maximum Gasteiger partial charge on any atom is 0.191 e. The van der Waals surface area contributed by atoms with Gasteiger partial charge in [0.25, 0.3) is 0 Å². The van der Waals surface area contributed by atoms with Gasteiger partial charge in [-0.15, -0.1) is 0 Å². The number of halogens is 1. The van der Waals surface area contributed by atoms with E-state index in [1.54, 1.807) is 0 Å². The molecule has 3 rings (SSSR count). The van der Waals surface area contributed by atoms with E-state index in [0.717, 1.165) is 55.8 Å². The van der Waals surface area contributed by atoms with Crippen LogP contribution in [0.5, 0.6) is 0 Å². The smallest absolute Gasteiger partial charge is 0.191 e. The molecule has 0 bridgehead atoms. The summed E-state index contributed by atoms with van der Waals surface area (Å²) in [6.07, 6.45) is 3.51. The molecular formula is C22H33ClN6. The van der Waals surface area contributed by atoms with Crippen LogP contribution in [-0.4, -0.2) is 53.9 Å². The van der Waals surface area contributed by atoms with Gasteiger partial charge in [0.05, 0.1) is 11.7 Å². The van der Waals surface area contributed by atoms with E-state index in [1.165, 1.54) is 24.1 Å². The van der Waals surface area contributed by atoms with Crippen LogP contribution in [0.2, 0.25) is 5.02 Å². The van der Waals surface area contributed by atoms with Gasteiger partial charge in [-0.2, -0.15) is 5.10 Å². The van der Waals surface area contributed by atoms with E-state index < -0.39 is 0 Å². The molecule has 6 nitrogen and oxygen atoms in total. The zero-order chi connectivity index (χ0) is 20.6. The van der Waals surface area contributed by atoms with Crippen molar-refractivity contribution in [2.75, 3.05) is 33.2 Å². The van der Waals surface area contributed by atoms with Crippen molar-refractivity contribution in [3.8, 4) is 0 Å². The fourth-order valence-electron chi connectivity index (χ4n) is 3.98. The van der Waals surface area contributed by atoms with Crippen LogP contribution in [0.25, 0.3) is 0 Å². The number of aromatic nitrogens is 2. The molecule has 0 amide bonds. The van der Waals surface area contributed by atoms with E-state index in [0.29, 0.717) is 6.04 Å². The number of aliphatic imine (C=N–C) groups is 1. The van der Waals surface area contributed by atoms with Crippen molar-refractivity contribution >= 4 is 17.6 Å². The number of nitrogens with zero attached hydrogens (tertiary/aromatic N) is 4. The summed E-state index contributed by atoms with van der Waals surface area (Å²) < 4.78 is 2.07. The van der Waals surface area contributed by atoms with Crippen molar-refractivity contribution in [1.82, 2.24) is 25.3 Å². The van der Waals surface area contributed by atoms with E-state index in [9.17, 15) is 0 Å². The van der Waals surface area contributed by atoms with Crippen LogP contribution in [-0.2, 0) is 6.54 Å². The van der Waals surface area contributed by atoms with E-state index in [2.05, 4.69) is 55.4 Å². The van der Waals surface area contributed by atoms with Gasteiger partial charge in [0.1, 0.15) is 0 Å². The van der Waals surface area contributed by atoms with Crippen LogP contribution in [0.3, 0.4) is 0 Å². The highest BCUT2D eigenvalue weighted by atomic mass is 35.5. The Morgan fingerprint density at radius 3 is 2.66 bits per heavy atom.